The number of ether oxygens (including phenoxy) is 2. The molecule has 0 radical (unpaired) electrons. The van der Waals surface area contributed by atoms with Crippen LogP contribution in [0, 0.1) is 20.8 Å². The van der Waals surface area contributed by atoms with Crippen LogP contribution in [0.1, 0.15) is 63.9 Å². The van der Waals surface area contributed by atoms with E-state index in [4.69, 9.17) is 9.47 Å². The minimum absolute atomic E-state index is 0.110. The molecule has 1 saturated heterocycles. The first-order chi connectivity index (χ1) is 16.1. The Kier molecular flexibility index (Phi) is 7.93. The van der Waals surface area contributed by atoms with Gasteiger partial charge in [0.25, 0.3) is 0 Å². The average Bonchev–Trinajstić information content (AvgIpc) is 3.11. The SMILES string of the molecule is CCOC(=O)c1[nH]c(C)c(C(=O)COC(=O)C2CCCCN2S(=O)(=O)c2ccc(C)cc2)c1C. The van der Waals surface area contributed by atoms with Gasteiger partial charge in [-0.3, -0.25) is 9.59 Å². The van der Waals surface area contributed by atoms with E-state index in [-0.39, 0.29) is 29.3 Å². The fourth-order valence-corrected chi connectivity index (χ4v) is 5.80. The van der Waals surface area contributed by atoms with Gasteiger partial charge in [0.1, 0.15) is 11.7 Å². The zero-order valence-electron chi connectivity index (χ0n) is 19.8. The topological polar surface area (TPSA) is 123 Å². The number of aromatic nitrogens is 1. The number of Topliss-reactive ketones (excluding diaryl/α,β-unsaturated/α-hetero) is 1. The van der Waals surface area contributed by atoms with Gasteiger partial charge in [0.15, 0.2) is 6.61 Å². The predicted octanol–water partition coefficient (Wildman–Crippen LogP) is 3.09. The smallest absolute Gasteiger partial charge is 0.355 e. The van der Waals surface area contributed by atoms with Crippen LogP contribution in [-0.2, 0) is 24.3 Å². The van der Waals surface area contributed by atoms with Crippen molar-refractivity contribution in [2.24, 2.45) is 0 Å². The minimum atomic E-state index is -3.90. The lowest BCUT2D eigenvalue weighted by atomic mass is 10.0. The van der Waals surface area contributed by atoms with Crippen LogP contribution < -0.4 is 0 Å². The lowest BCUT2D eigenvalue weighted by Crippen LogP contribution is -2.48. The van der Waals surface area contributed by atoms with Gasteiger partial charge in [-0.1, -0.05) is 17.7 Å². The van der Waals surface area contributed by atoms with Gasteiger partial charge in [-0.05, 0) is 64.7 Å². The first kappa shape index (κ1) is 25.6. The van der Waals surface area contributed by atoms with E-state index in [1.165, 1.54) is 16.4 Å². The molecule has 34 heavy (non-hydrogen) atoms. The Labute approximate surface area is 199 Å². The number of nitrogens with zero attached hydrogens (tertiary/aromatic N) is 1. The zero-order valence-corrected chi connectivity index (χ0v) is 20.7. The summed E-state index contributed by atoms with van der Waals surface area (Å²) in [6, 6.07) is 5.44. The third-order valence-corrected chi connectivity index (χ3v) is 7.82. The molecule has 0 amide bonds. The summed E-state index contributed by atoms with van der Waals surface area (Å²) in [7, 11) is -3.90. The number of aryl methyl sites for hydroxylation is 2. The molecule has 1 aliphatic rings. The summed E-state index contributed by atoms with van der Waals surface area (Å²) in [5.74, 6) is -1.82. The minimum Gasteiger partial charge on any atom is -0.461 e. The van der Waals surface area contributed by atoms with Crippen molar-refractivity contribution in [2.45, 2.75) is 57.9 Å². The number of benzene rings is 1. The molecule has 1 fully saturated rings. The molecule has 1 unspecified atom stereocenters. The highest BCUT2D eigenvalue weighted by molar-refractivity contribution is 7.89. The van der Waals surface area contributed by atoms with E-state index in [1.54, 1.807) is 32.9 Å². The number of hydrogen-bond acceptors (Lipinski definition) is 7. The van der Waals surface area contributed by atoms with Gasteiger partial charge in [0.2, 0.25) is 15.8 Å². The zero-order chi connectivity index (χ0) is 25.0. The Morgan fingerprint density at radius 2 is 1.74 bits per heavy atom. The molecule has 1 N–H and O–H groups in total. The Morgan fingerprint density at radius 1 is 1.06 bits per heavy atom. The molecule has 1 aromatic heterocycles. The fraction of sp³-hybridized carbons (Fsp3) is 0.458. The van der Waals surface area contributed by atoms with Crippen LogP contribution in [0.15, 0.2) is 29.2 Å². The number of nitrogens with one attached hydrogen (secondary N) is 1. The summed E-state index contributed by atoms with van der Waals surface area (Å²) >= 11 is 0. The van der Waals surface area contributed by atoms with Crippen molar-refractivity contribution in [3.8, 4) is 0 Å². The van der Waals surface area contributed by atoms with E-state index in [0.29, 0.717) is 30.5 Å². The van der Waals surface area contributed by atoms with Crippen LogP contribution in [0.2, 0.25) is 0 Å². The van der Waals surface area contributed by atoms with Crippen LogP contribution in [0.25, 0.3) is 0 Å². The van der Waals surface area contributed by atoms with Gasteiger partial charge >= 0.3 is 11.9 Å². The quantitative estimate of drug-likeness (QED) is 0.446. The molecule has 0 spiro atoms. The summed E-state index contributed by atoms with van der Waals surface area (Å²) in [4.78, 5) is 40.7. The molecule has 1 aliphatic heterocycles. The van der Waals surface area contributed by atoms with Crippen molar-refractivity contribution in [3.63, 3.8) is 0 Å². The van der Waals surface area contributed by atoms with E-state index in [9.17, 15) is 22.8 Å². The van der Waals surface area contributed by atoms with Crippen molar-refractivity contribution in [1.29, 1.82) is 0 Å². The number of ketones is 1. The largest absolute Gasteiger partial charge is 0.461 e. The highest BCUT2D eigenvalue weighted by atomic mass is 32.2. The maximum absolute atomic E-state index is 13.2. The number of carbonyl (C=O) groups excluding carboxylic acids is 3. The summed E-state index contributed by atoms with van der Waals surface area (Å²) in [6.45, 7) is 6.63. The second kappa shape index (κ2) is 10.5. The highest BCUT2D eigenvalue weighted by Gasteiger charge is 2.39. The highest BCUT2D eigenvalue weighted by Crippen LogP contribution is 2.27. The molecule has 9 nitrogen and oxygen atoms in total. The molecule has 2 aromatic rings. The number of hydrogen-bond donors (Lipinski definition) is 1. The number of piperidine rings is 1. The molecule has 2 heterocycles. The second-order valence-electron chi connectivity index (χ2n) is 8.32. The molecule has 1 aromatic carbocycles. The fourth-order valence-electron chi connectivity index (χ4n) is 4.15. The maximum Gasteiger partial charge on any atom is 0.355 e. The number of H-pyrrole nitrogens is 1. The van der Waals surface area contributed by atoms with Crippen molar-refractivity contribution < 1.29 is 32.3 Å². The number of esters is 2. The Morgan fingerprint density at radius 3 is 2.38 bits per heavy atom. The van der Waals surface area contributed by atoms with Crippen molar-refractivity contribution in [1.82, 2.24) is 9.29 Å². The van der Waals surface area contributed by atoms with Gasteiger partial charge in [0, 0.05) is 17.8 Å². The van der Waals surface area contributed by atoms with E-state index >= 15 is 0 Å². The van der Waals surface area contributed by atoms with Crippen molar-refractivity contribution in [2.75, 3.05) is 19.8 Å². The normalized spacial score (nSPS) is 16.8. The van der Waals surface area contributed by atoms with E-state index in [2.05, 4.69) is 4.98 Å². The molecular weight excluding hydrogens is 460 g/mol. The molecule has 184 valence electrons. The summed E-state index contributed by atoms with van der Waals surface area (Å²) < 4.78 is 37.8. The summed E-state index contributed by atoms with van der Waals surface area (Å²) in [5, 5.41) is 0. The first-order valence-electron chi connectivity index (χ1n) is 11.2. The Balaban J connectivity index is 1.74. The molecule has 0 saturated carbocycles. The van der Waals surface area contributed by atoms with Crippen LogP contribution in [0.5, 0.6) is 0 Å². The first-order valence-corrected chi connectivity index (χ1v) is 12.7. The summed E-state index contributed by atoms with van der Waals surface area (Å²) in [6.07, 6.45) is 1.62. The third kappa shape index (κ3) is 5.23. The van der Waals surface area contributed by atoms with Crippen molar-refractivity contribution >= 4 is 27.7 Å². The van der Waals surface area contributed by atoms with E-state index in [1.807, 2.05) is 6.92 Å². The van der Waals surface area contributed by atoms with Crippen LogP contribution >= 0.6 is 0 Å². The Bertz CT molecular complexity index is 1180. The second-order valence-corrected chi connectivity index (χ2v) is 10.2. The number of carbonyl (C=O) groups is 3. The lowest BCUT2D eigenvalue weighted by molar-refractivity contribution is -0.148. The van der Waals surface area contributed by atoms with Crippen LogP contribution in [0.3, 0.4) is 0 Å². The van der Waals surface area contributed by atoms with Gasteiger partial charge in [-0.15, -0.1) is 0 Å². The molecule has 3 rings (SSSR count). The average molecular weight is 491 g/mol. The lowest BCUT2D eigenvalue weighted by Gasteiger charge is -2.33. The van der Waals surface area contributed by atoms with Crippen LogP contribution in [0.4, 0.5) is 0 Å². The summed E-state index contributed by atoms with van der Waals surface area (Å²) in [5.41, 5.74) is 2.23. The van der Waals surface area contributed by atoms with Crippen molar-refractivity contribution in [3.05, 3.63) is 52.3 Å². The molecule has 0 bridgehead atoms. The standard InChI is InChI=1S/C24H30N2O7S/c1-5-32-24(29)22-16(3)21(17(4)25-22)20(27)14-33-23(28)19-8-6-7-13-26(19)34(30,31)18-11-9-15(2)10-12-18/h9-12,19,25H,5-8,13-14H2,1-4H3. The van der Waals surface area contributed by atoms with Crippen LogP contribution in [-0.4, -0.2) is 61.2 Å². The van der Waals surface area contributed by atoms with E-state index < -0.39 is 40.4 Å². The third-order valence-electron chi connectivity index (χ3n) is 5.89. The molecule has 0 aliphatic carbocycles. The maximum atomic E-state index is 13.2. The van der Waals surface area contributed by atoms with Gasteiger partial charge in [-0.2, -0.15) is 4.31 Å². The Hall–Kier alpha value is -2.98. The van der Waals surface area contributed by atoms with Gasteiger partial charge < -0.3 is 14.5 Å². The van der Waals surface area contributed by atoms with Gasteiger partial charge in [0.05, 0.1) is 11.5 Å². The van der Waals surface area contributed by atoms with Gasteiger partial charge in [-0.25, -0.2) is 13.2 Å². The number of sulfonamides is 1. The molecular formula is C24H30N2O7S. The number of rotatable bonds is 8. The molecule has 10 heteroatoms. The number of aromatic amines is 1. The monoisotopic (exact) mass is 490 g/mol. The predicted molar refractivity (Wildman–Crippen MR) is 124 cm³/mol. The molecule has 1 atom stereocenters. The van der Waals surface area contributed by atoms with E-state index in [0.717, 1.165) is 5.56 Å².